The third-order valence-corrected chi connectivity index (χ3v) is 2.78. The molecule has 0 saturated heterocycles. The van der Waals surface area contributed by atoms with Gasteiger partial charge < -0.3 is 5.32 Å². The van der Waals surface area contributed by atoms with Gasteiger partial charge in [-0.3, -0.25) is 4.90 Å². The Balaban J connectivity index is 2.80. The van der Waals surface area contributed by atoms with Crippen LogP contribution in [0, 0.1) is 5.82 Å². The largest absolute Gasteiger partial charge is 0.316 e. The van der Waals surface area contributed by atoms with E-state index in [1.54, 1.807) is 6.07 Å². The molecule has 1 aromatic rings. The summed E-state index contributed by atoms with van der Waals surface area (Å²) < 4.78 is 13.6. The maximum absolute atomic E-state index is 13.6. The van der Waals surface area contributed by atoms with Crippen molar-refractivity contribution in [3.8, 4) is 0 Å². The van der Waals surface area contributed by atoms with Crippen molar-refractivity contribution in [3.63, 3.8) is 0 Å². The van der Waals surface area contributed by atoms with E-state index >= 15 is 0 Å². The molecular formula is C13H21FN2. The molecule has 0 bridgehead atoms. The van der Waals surface area contributed by atoms with Crippen molar-refractivity contribution in [1.29, 1.82) is 0 Å². The summed E-state index contributed by atoms with van der Waals surface area (Å²) in [5, 5.41) is 3.08. The molecule has 90 valence electrons. The molecule has 0 saturated carbocycles. The number of benzene rings is 1. The van der Waals surface area contributed by atoms with Gasteiger partial charge in [0.25, 0.3) is 0 Å². The van der Waals surface area contributed by atoms with Crippen LogP contribution in [0.25, 0.3) is 0 Å². The predicted molar refractivity (Wildman–Crippen MR) is 65.8 cm³/mol. The fourth-order valence-corrected chi connectivity index (χ4v) is 1.75. The van der Waals surface area contributed by atoms with Crippen molar-refractivity contribution in [1.82, 2.24) is 10.2 Å². The Morgan fingerprint density at radius 1 is 1.25 bits per heavy atom. The minimum absolute atomic E-state index is 0.105. The SMILES string of the molecule is CCN(CC)Cc1cc(CNC)ccc1F. The van der Waals surface area contributed by atoms with E-state index in [1.165, 1.54) is 0 Å². The summed E-state index contributed by atoms with van der Waals surface area (Å²) in [5.74, 6) is -0.105. The number of halogens is 1. The number of nitrogens with one attached hydrogen (secondary N) is 1. The van der Waals surface area contributed by atoms with E-state index in [4.69, 9.17) is 0 Å². The highest BCUT2D eigenvalue weighted by atomic mass is 19.1. The van der Waals surface area contributed by atoms with Crippen LogP contribution < -0.4 is 5.32 Å². The molecule has 0 atom stereocenters. The summed E-state index contributed by atoms with van der Waals surface area (Å²) in [7, 11) is 1.90. The number of hydrogen-bond acceptors (Lipinski definition) is 2. The molecule has 0 aromatic heterocycles. The number of hydrogen-bond donors (Lipinski definition) is 1. The number of nitrogens with zero attached hydrogens (tertiary/aromatic N) is 1. The topological polar surface area (TPSA) is 15.3 Å². The molecule has 2 nitrogen and oxygen atoms in total. The fraction of sp³-hybridized carbons (Fsp3) is 0.538. The van der Waals surface area contributed by atoms with Gasteiger partial charge >= 0.3 is 0 Å². The molecule has 0 amide bonds. The smallest absolute Gasteiger partial charge is 0.127 e. The predicted octanol–water partition coefficient (Wildman–Crippen LogP) is 2.39. The molecule has 1 aromatic carbocycles. The van der Waals surface area contributed by atoms with E-state index in [2.05, 4.69) is 24.1 Å². The maximum Gasteiger partial charge on any atom is 0.127 e. The Morgan fingerprint density at radius 3 is 2.50 bits per heavy atom. The minimum Gasteiger partial charge on any atom is -0.316 e. The molecule has 1 N–H and O–H groups in total. The van der Waals surface area contributed by atoms with Gasteiger partial charge in [0, 0.05) is 18.7 Å². The average molecular weight is 224 g/mol. The summed E-state index contributed by atoms with van der Waals surface area (Å²) in [6.07, 6.45) is 0. The first-order valence-corrected chi connectivity index (χ1v) is 5.85. The second-order valence-electron chi connectivity index (χ2n) is 3.92. The van der Waals surface area contributed by atoms with Crippen molar-refractivity contribution in [3.05, 3.63) is 35.1 Å². The zero-order valence-corrected chi connectivity index (χ0v) is 10.4. The molecular weight excluding hydrogens is 203 g/mol. The first-order chi connectivity index (χ1) is 7.71. The highest BCUT2D eigenvalue weighted by Gasteiger charge is 2.07. The van der Waals surface area contributed by atoms with Crippen molar-refractivity contribution >= 4 is 0 Å². The third-order valence-electron chi connectivity index (χ3n) is 2.78. The summed E-state index contributed by atoms with van der Waals surface area (Å²) >= 11 is 0. The van der Waals surface area contributed by atoms with E-state index in [-0.39, 0.29) is 5.82 Å². The second-order valence-corrected chi connectivity index (χ2v) is 3.92. The van der Waals surface area contributed by atoms with Crippen molar-refractivity contribution in [2.45, 2.75) is 26.9 Å². The lowest BCUT2D eigenvalue weighted by Crippen LogP contribution is -2.23. The minimum atomic E-state index is -0.105. The molecule has 0 aliphatic heterocycles. The maximum atomic E-state index is 13.6. The van der Waals surface area contributed by atoms with Gasteiger partial charge in [-0.2, -0.15) is 0 Å². The van der Waals surface area contributed by atoms with Crippen LogP contribution >= 0.6 is 0 Å². The lowest BCUT2D eigenvalue weighted by molar-refractivity contribution is 0.291. The quantitative estimate of drug-likeness (QED) is 0.798. The monoisotopic (exact) mass is 224 g/mol. The highest BCUT2D eigenvalue weighted by molar-refractivity contribution is 5.25. The summed E-state index contributed by atoms with van der Waals surface area (Å²) in [6.45, 7) is 7.57. The van der Waals surface area contributed by atoms with Crippen LogP contribution in [0.3, 0.4) is 0 Å². The van der Waals surface area contributed by atoms with Gasteiger partial charge in [-0.1, -0.05) is 26.0 Å². The first kappa shape index (κ1) is 13.1. The fourth-order valence-electron chi connectivity index (χ4n) is 1.75. The second kappa shape index (κ2) is 6.61. The van der Waals surface area contributed by atoms with Crippen LogP contribution in [0.1, 0.15) is 25.0 Å². The van der Waals surface area contributed by atoms with Gasteiger partial charge in [0.2, 0.25) is 0 Å². The molecule has 3 heteroatoms. The van der Waals surface area contributed by atoms with Crippen molar-refractivity contribution < 1.29 is 4.39 Å². The van der Waals surface area contributed by atoms with Crippen LogP contribution in [0.15, 0.2) is 18.2 Å². The summed E-state index contributed by atoms with van der Waals surface area (Å²) in [4.78, 5) is 2.21. The Labute approximate surface area is 97.5 Å². The Kier molecular flexibility index (Phi) is 5.43. The molecule has 0 spiro atoms. The molecule has 0 radical (unpaired) electrons. The molecule has 0 aliphatic rings. The van der Waals surface area contributed by atoms with Crippen LogP contribution in [0.5, 0.6) is 0 Å². The molecule has 16 heavy (non-hydrogen) atoms. The van der Waals surface area contributed by atoms with Crippen molar-refractivity contribution in [2.75, 3.05) is 20.1 Å². The van der Waals surface area contributed by atoms with E-state index < -0.39 is 0 Å². The number of rotatable bonds is 6. The molecule has 0 aliphatic carbocycles. The molecule has 0 unspecified atom stereocenters. The zero-order chi connectivity index (χ0) is 12.0. The average Bonchev–Trinajstić information content (AvgIpc) is 2.30. The van der Waals surface area contributed by atoms with E-state index in [9.17, 15) is 4.39 Å². The Bertz CT molecular complexity index is 322. The van der Waals surface area contributed by atoms with E-state index in [0.29, 0.717) is 6.54 Å². The van der Waals surface area contributed by atoms with Crippen LogP contribution in [0.4, 0.5) is 4.39 Å². The van der Waals surface area contributed by atoms with Gasteiger partial charge in [0.15, 0.2) is 0 Å². The van der Waals surface area contributed by atoms with Crippen molar-refractivity contribution in [2.24, 2.45) is 0 Å². The van der Waals surface area contributed by atoms with Gasteiger partial charge in [-0.05, 0) is 31.8 Å². The van der Waals surface area contributed by atoms with Crippen LogP contribution in [0.2, 0.25) is 0 Å². The zero-order valence-electron chi connectivity index (χ0n) is 10.4. The molecule has 0 fully saturated rings. The van der Waals surface area contributed by atoms with Gasteiger partial charge in [0.05, 0.1) is 0 Å². The highest BCUT2D eigenvalue weighted by Crippen LogP contribution is 2.13. The van der Waals surface area contributed by atoms with Crippen LogP contribution in [-0.2, 0) is 13.1 Å². The van der Waals surface area contributed by atoms with Gasteiger partial charge in [-0.15, -0.1) is 0 Å². The molecule has 1 rings (SSSR count). The normalized spacial score (nSPS) is 11.1. The van der Waals surface area contributed by atoms with Gasteiger partial charge in [0.1, 0.15) is 5.82 Å². The van der Waals surface area contributed by atoms with E-state index in [1.807, 2.05) is 19.2 Å². The summed E-state index contributed by atoms with van der Waals surface area (Å²) in [6, 6.07) is 5.34. The molecule has 0 heterocycles. The lowest BCUT2D eigenvalue weighted by atomic mass is 10.1. The Morgan fingerprint density at radius 2 is 1.94 bits per heavy atom. The third kappa shape index (κ3) is 3.58. The standard InChI is InChI=1S/C13H21FN2/c1-4-16(5-2)10-12-8-11(9-15-3)6-7-13(12)14/h6-8,15H,4-5,9-10H2,1-3H3. The summed E-state index contributed by atoms with van der Waals surface area (Å²) in [5.41, 5.74) is 1.92. The lowest BCUT2D eigenvalue weighted by Gasteiger charge is -2.18. The first-order valence-electron chi connectivity index (χ1n) is 5.85. The van der Waals surface area contributed by atoms with Crippen LogP contribution in [-0.4, -0.2) is 25.0 Å². The Hall–Kier alpha value is -0.930. The van der Waals surface area contributed by atoms with E-state index in [0.717, 1.165) is 30.8 Å². The van der Waals surface area contributed by atoms with Gasteiger partial charge in [-0.25, -0.2) is 4.39 Å².